The summed E-state index contributed by atoms with van der Waals surface area (Å²) in [4.78, 5) is 0. The lowest BCUT2D eigenvalue weighted by Gasteiger charge is -2.03. The number of aromatic nitrogens is 2. The molecule has 0 aliphatic heterocycles. The number of hydrogen-bond acceptors (Lipinski definition) is 3. The third-order valence-corrected chi connectivity index (χ3v) is 1.52. The summed E-state index contributed by atoms with van der Waals surface area (Å²) in [6.45, 7) is 5.67. The van der Waals surface area contributed by atoms with E-state index >= 15 is 0 Å². The maximum Gasteiger partial charge on any atom is 0.0535 e. The lowest BCUT2D eigenvalue weighted by molar-refractivity contribution is 0.161. The smallest absolute Gasteiger partial charge is 0.0535 e. The highest BCUT2D eigenvalue weighted by atomic mass is 16.5. The highest BCUT2D eigenvalue weighted by Crippen LogP contribution is 2.01. The Labute approximate surface area is 72.2 Å². The number of nitrogens with one attached hydrogen (secondary N) is 1. The van der Waals surface area contributed by atoms with Crippen molar-refractivity contribution >= 4 is 0 Å². The fraction of sp³-hybridized carbons (Fsp3) is 0.625. The average Bonchev–Trinajstić information content (AvgIpc) is 2.36. The van der Waals surface area contributed by atoms with Crippen LogP contribution in [0.1, 0.15) is 19.4 Å². The highest BCUT2D eigenvalue weighted by Gasteiger charge is 1.99. The van der Waals surface area contributed by atoms with Crippen molar-refractivity contribution in [1.29, 1.82) is 0 Å². The first-order chi connectivity index (χ1) is 5.72. The van der Waals surface area contributed by atoms with Crippen LogP contribution in [0.3, 0.4) is 0 Å². The van der Waals surface area contributed by atoms with Crippen molar-refractivity contribution in [3.05, 3.63) is 18.0 Å². The van der Waals surface area contributed by atoms with E-state index in [-0.39, 0.29) is 0 Å². The van der Waals surface area contributed by atoms with Crippen molar-refractivity contribution in [3.8, 4) is 0 Å². The Hall–Kier alpha value is -0.870. The van der Waals surface area contributed by atoms with Crippen LogP contribution in [-0.4, -0.2) is 15.0 Å². The molecule has 4 nitrogen and oxygen atoms in total. The van der Waals surface area contributed by atoms with Crippen LogP contribution in [0.4, 0.5) is 0 Å². The number of hydrogen-bond donors (Lipinski definition) is 2. The Balaban J connectivity index is 2.52. The van der Waals surface area contributed by atoms with Crippen LogP contribution >= 0.6 is 0 Å². The van der Waals surface area contributed by atoms with Crippen LogP contribution < -0.4 is 5.48 Å². The Morgan fingerprint density at radius 1 is 1.67 bits per heavy atom. The molecule has 0 aromatic carbocycles. The van der Waals surface area contributed by atoms with E-state index in [0.717, 1.165) is 12.1 Å². The lowest BCUT2D eigenvalue weighted by Crippen LogP contribution is -2.06. The van der Waals surface area contributed by atoms with Crippen molar-refractivity contribution in [1.82, 2.24) is 15.3 Å². The van der Waals surface area contributed by atoms with Gasteiger partial charge < -0.3 is 5.21 Å². The molecule has 4 heteroatoms. The lowest BCUT2D eigenvalue weighted by atomic mass is 10.2. The van der Waals surface area contributed by atoms with Gasteiger partial charge in [0.25, 0.3) is 0 Å². The molecular weight excluding hydrogens is 154 g/mol. The summed E-state index contributed by atoms with van der Waals surface area (Å²) < 4.78 is 1.89. The second kappa shape index (κ2) is 4.23. The molecule has 1 heterocycles. The largest absolute Gasteiger partial charge is 0.316 e. The summed E-state index contributed by atoms with van der Waals surface area (Å²) in [5.41, 5.74) is 3.10. The van der Waals surface area contributed by atoms with Crippen molar-refractivity contribution in [2.24, 2.45) is 5.92 Å². The van der Waals surface area contributed by atoms with E-state index < -0.39 is 0 Å². The van der Waals surface area contributed by atoms with Gasteiger partial charge in [0.05, 0.1) is 6.20 Å². The predicted octanol–water partition coefficient (Wildman–Crippen LogP) is 1.02. The molecule has 0 aliphatic carbocycles. The molecule has 0 aliphatic rings. The van der Waals surface area contributed by atoms with Gasteiger partial charge in [-0.05, 0) is 5.92 Å². The summed E-state index contributed by atoms with van der Waals surface area (Å²) in [5, 5.41) is 12.6. The molecule has 0 spiro atoms. The molecule has 0 saturated heterocycles. The predicted molar refractivity (Wildman–Crippen MR) is 45.7 cm³/mol. The molecule has 0 unspecified atom stereocenters. The second-order valence-electron chi connectivity index (χ2n) is 3.30. The van der Waals surface area contributed by atoms with Gasteiger partial charge in [0.2, 0.25) is 0 Å². The maximum atomic E-state index is 8.42. The zero-order valence-corrected chi connectivity index (χ0v) is 7.49. The second-order valence-corrected chi connectivity index (χ2v) is 3.30. The van der Waals surface area contributed by atoms with Crippen molar-refractivity contribution < 1.29 is 5.21 Å². The van der Waals surface area contributed by atoms with Crippen LogP contribution in [0.25, 0.3) is 0 Å². The van der Waals surface area contributed by atoms with Gasteiger partial charge in [-0.3, -0.25) is 4.68 Å². The van der Waals surface area contributed by atoms with Crippen LogP contribution in [0.15, 0.2) is 12.4 Å². The van der Waals surface area contributed by atoms with E-state index in [4.69, 9.17) is 5.21 Å². The molecule has 0 atom stereocenters. The van der Waals surface area contributed by atoms with Gasteiger partial charge in [0, 0.05) is 24.8 Å². The fourth-order valence-corrected chi connectivity index (χ4v) is 1.06. The zero-order valence-electron chi connectivity index (χ0n) is 7.49. The molecule has 1 aromatic rings. The van der Waals surface area contributed by atoms with Gasteiger partial charge in [-0.1, -0.05) is 13.8 Å². The van der Waals surface area contributed by atoms with Crippen LogP contribution in [0, 0.1) is 5.92 Å². The minimum absolute atomic E-state index is 0.456. The van der Waals surface area contributed by atoms with E-state index in [0.29, 0.717) is 12.5 Å². The first-order valence-electron chi connectivity index (χ1n) is 4.10. The van der Waals surface area contributed by atoms with Crippen LogP contribution in [0.5, 0.6) is 0 Å². The van der Waals surface area contributed by atoms with Gasteiger partial charge >= 0.3 is 0 Å². The van der Waals surface area contributed by atoms with E-state index in [2.05, 4.69) is 24.4 Å². The first-order valence-corrected chi connectivity index (χ1v) is 4.10. The third kappa shape index (κ3) is 2.64. The summed E-state index contributed by atoms with van der Waals surface area (Å²) in [7, 11) is 0. The Bertz CT molecular complexity index is 232. The Morgan fingerprint density at radius 3 is 3.00 bits per heavy atom. The van der Waals surface area contributed by atoms with E-state index in [9.17, 15) is 0 Å². The van der Waals surface area contributed by atoms with E-state index in [1.165, 1.54) is 0 Å². The molecule has 0 bridgehead atoms. The molecule has 68 valence electrons. The molecule has 1 aromatic heterocycles. The van der Waals surface area contributed by atoms with Gasteiger partial charge in [-0.25, -0.2) is 5.48 Å². The van der Waals surface area contributed by atoms with Crippen LogP contribution in [-0.2, 0) is 13.1 Å². The monoisotopic (exact) mass is 169 g/mol. The van der Waals surface area contributed by atoms with E-state index in [1.54, 1.807) is 6.20 Å². The third-order valence-electron chi connectivity index (χ3n) is 1.52. The molecule has 0 saturated carbocycles. The number of rotatable bonds is 4. The molecule has 0 radical (unpaired) electrons. The molecular formula is C8H15N3O. The van der Waals surface area contributed by atoms with Crippen molar-refractivity contribution in [2.75, 3.05) is 0 Å². The van der Waals surface area contributed by atoms with Gasteiger partial charge in [-0.2, -0.15) is 5.10 Å². The minimum atomic E-state index is 0.456. The molecule has 0 amide bonds. The zero-order chi connectivity index (χ0) is 8.97. The number of nitrogens with zero attached hydrogens (tertiary/aromatic N) is 2. The number of hydroxylamine groups is 1. The maximum absolute atomic E-state index is 8.42. The molecule has 1 rings (SSSR count). The summed E-state index contributed by atoms with van der Waals surface area (Å²) in [6, 6.07) is 0. The molecule has 0 fully saturated rings. The van der Waals surface area contributed by atoms with Gasteiger partial charge in [0.1, 0.15) is 0 Å². The van der Waals surface area contributed by atoms with Gasteiger partial charge in [-0.15, -0.1) is 0 Å². The van der Waals surface area contributed by atoms with Gasteiger partial charge in [0.15, 0.2) is 0 Å². The normalized spacial score (nSPS) is 11.0. The SMILES string of the molecule is CC(C)Cn1cc(CNO)cn1. The summed E-state index contributed by atoms with van der Waals surface area (Å²) in [6.07, 6.45) is 3.69. The van der Waals surface area contributed by atoms with E-state index in [1.807, 2.05) is 10.9 Å². The standard InChI is InChI=1S/C8H15N3O/c1-7(2)5-11-6-8(3-9-11)4-10-12/h3,6-7,10,12H,4-5H2,1-2H3. The Kier molecular flexibility index (Phi) is 3.25. The summed E-state index contributed by atoms with van der Waals surface area (Å²) >= 11 is 0. The van der Waals surface area contributed by atoms with Crippen LogP contribution in [0.2, 0.25) is 0 Å². The quantitative estimate of drug-likeness (QED) is 0.661. The fourth-order valence-electron chi connectivity index (χ4n) is 1.06. The highest BCUT2D eigenvalue weighted by molar-refractivity contribution is 5.02. The molecule has 12 heavy (non-hydrogen) atoms. The summed E-state index contributed by atoms with van der Waals surface area (Å²) in [5.74, 6) is 0.597. The minimum Gasteiger partial charge on any atom is -0.316 e. The van der Waals surface area contributed by atoms with Crippen molar-refractivity contribution in [2.45, 2.75) is 26.9 Å². The average molecular weight is 169 g/mol. The van der Waals surface area contributed by atoms with Crippen molar-refractivity contribution in [3.63, 3.8) is 0 Å². The molecule has 2 N–H and O–H groups in total. The Morgan fingerprint density at radius 2 is 2.42 bits per heavy atom. The topological polar surface area (TPSA) is 50.1 Å². The first kappa shape index (κ1) is 9.22.